The van der Waals surface area contributed by atoms with Gasteiger partial charge < -0.3 is 19.9 Å². The van der Waals surface area contributed by atoms with Crippen molar-refractivity contribution in [2.24, 2.45) is 0 Å². The van der Waals surface area contributed by atoms with E-state index in [0.717, 1.165) is 54.9 Å². The molecule has 2 aliphatic rings. The van der Waals surface area contributed by atoms with Crippen LogP contribution < -0.4 is 15.0 Å². The molecular formula is C19H27N5O2. The van der Waals surface area contributed by atoms with Gasteiger partial charge in [0.05, 0.1) is 25.5 Å². The summed E-state index contributed by atoms with van der Waals surface area (Å²) in [4.78, 5) is 20.0. The molecule has 3 heterocycles. The predicted molar refractivity (Wildman–Crippen MR) is 102 cm³/mol. The Kier molecular flexibility index (Phi) is 5.44. The highest BCUT2D eigenvalue weighted by Gasteiger charge is 2.29. The van der Waals surface area contributed by atoms with Crippen molar-refractivity contribution < 1.29 is 9.53 Å². The Hall–Kier alpha value is -2.57. The molecule has 0 aromatic carbocycles. The van der Waals surface area contributed by atoms with E-state index in [9.17, 15) is 4.79 Å². The van der Waals surface area contributed by atoms with Crippen molar-refractivity contribution in [2.45, 2.75) is 33.1 Å². The molecule has 0 radical (unpaired) electrons. The van der Waals surface area contributed by atoms with Crippen LogP contribution in [0.25, 0.3) is 0 Å². The summed E-state index contributed by atoms with van der Waals surface area (Å²) >= 11 is 0. The Labute approximate surface area is 154 Å². The van der Waals surface area contributed by atoms with Gasteiger partial charge in [-0.15, -0.1) is 0 Å². The van der Waals surface area contributed by atoms with E-state index in [4.69, 9.17) is 10.1 Å². The van der Waals surface area contributed by atoms with Crippen molar-refractivity contribution >= 4 is 17.4 Å². The van der Waals surface area contributed by atoms with Crippen molar-refractivity contribution in [1.82, 2.24) is 15.2 Å². The molecule has 1 aromatic rings. The number of ether oxygens (including phenoxy) is 1. The first-order chi connectivity index (χ1) is 12.5. The monoisotopic (exact) mass is 357 g/mol. The van der Waals surface area contributed by atoms with Gasteiger partial charge in [0.25, 0.3) is 0 Å². The van der Waals surface area contributed by atoms with Crippen molar-refractivity contribution in [3.05, 3.63) is 29.1 Å². The Bertz CT molecular complexity index is 743. The molecular weight excluding hydrogens is 330 g/mol. The van der Waals surface area contributed by atoms with Crippen molar-refractivity contribution in [3.8, 4) is 5.88 Å². The van der Waals surface area contributed by atoms with Gasteiger partial charge in [-0.25, -0.2) is 4.98 Å². The molecule has 0 aliphatic carbocycles. The molecule has 0 saturated carbocycles. The Morgan fingerprint density at radius 3 is 2.88 bits per heavy atom. The van der Waals surface area contributed by atoms with Crippen LogP contribution in [0.2, 0.25) is 0 Å². The average Bonchev–Trinajstić information content (AvgIpc) is 2.66. The number of anilines is 1. The summed E-state index contributed by atoms with van der Waals surface area (Å²) in [5, 5.41) is 12.3. The van der Waals surface area contributed by atoms with E-state index in [1.807, 2.05) is 15.9 Å². The molecule has 0 unspecified atom stereocenters. The Balaban J connectivity index is 1.93. The van der Waals surface area contributed by atoms with Crippen LogP contribution in [0.4, 0.5) is 5.69 Å². The average molecular weight is 357 g/mol. The smallest absolute Gasteiger partial charge is 0.219 e. The third kappa shape index (κ3) is 3.52. The fraction of sp³-hybridized carbons (Fsp3) is 0.526. The van der Waals surface area contributed by atoms with Gasteiger partial charge in [0, 0.05) is 50.3 Å². The van der Waals surface area contributed by atoms with Crippen LogP contribution in [0.15, 0.2) is 23.5 Å². The second-order valence-corrected chi connectivity index (χ2v) is 6.64. The number of nitrogens with one attached hydrogen (secondary N) is 2. The normalized spacial score (nSPS) is 17.0. The number of methoxy groups -OCH3 is 1. The second kappa shape index (κ2) is 7.76. The van der Waals surface area contributed by atoms with Gasteiger partial charge in [-0.2, -0.15) is 0 Å². The first-order valence-corrected chi connectivity index (χ1v) is 9.16. The zero-order valence-electron chi connectivity index (χ0n) is 15.8. The molecule has 7 nitrogen and oxygen atoms in total. The fourth-order valence-electron chi connectivity index (χ4n) is 3.62. The highest BCUT2D eigenvalue weighted by Crippen LogP contribution is 2.31. The van der Waals surface area contributed by atoms with E-state index in [1.165, 1.54) is 0 Å². The zero-order chi connectivity index (χ0) is 18.7. The first-order valence-electron chi connectivity index (χ1n) is 9.16. The first kappa shape index (κ1) is 18.2. The van der Waals surface area contributed by atoms with Crippen LogP contribution in [-0.4, -0.2) is 54.9 Å². The van der Waals surface area contributed by atoms with Crippen LogP contribution in [0.3, 0.4) is 0 Å². The van der Waals surface area contributed by atoms with E-state index in [0.29, 0.717) is 24.8 Å². The molecule has 1 amide bonds. The number of hydrogen-bond acceptors (Lipinski definition) is 5. The number of rotatable bonds is 4. The maximum absolute atomic E-state index is 11.9. The van der Waals surface area contributed by atoms with Gasteiger partial charge in [-0.1, -0.05) is 0 Å². The molecule has 0 atom stereocenters. The molecule has 1 aromatic heterocycles. The predicted octanol–water partition coefficient (Wildman–Crippen LogP) is 1.94. The number of pyridine rings is 1. The highest BCUT2D eigenvalue weighted by atomic mass is 16.5. The number of aryl methyl sites for hydroxylation is 1. The number of fused-ring (bicyclic) bond motifs is 1. The number of aromatic nitrogens is 1. The summed E-state index contributed by atoms with van der Waals surface area (Å²) in [6.45, 7) is 6.41. The molecule has 0 fully saturated rings. The summed E-state index contributed by atoms with van der Waals surface area (Å²) in [7, 11) is 1.61. The third-order valence-electron chi connectivity index (χ3n) is 5.00. The standard InChI is InChI=1S/C19H27N5O2/c1-4-21-16-7-9-23(13(2)25)12-15(16)19(20)24-8-5-6-14-10-18(26-3)22-11-17(14)24/h10-11,20-21H,4-9,12H2,1-3H3. The molecule has 3 rings (SSSR count). The molecule has 2 aliphatic heterocycles. The fourth-order valence-corrected chi connectivity index (χ4v) is 3.62. The van der Waals surface area contributed by atoms with Crippen molar-refractivity contribution in [2.75, 3.05) is 38.2 Å². The van der Waals surface area contributed by atoms with E-state index in [-0.39, 0.29) is 5.91 Å². The number of carbonyl (C=O) groups is 1. The molecule has 140 valence electrons. The van der Waals surface area contributed by atoms with Crippen LogP contribution >= 0.6 is 0 Å². The molecule has 0 bridgehead atoms. The summed E-state index contributed by atoms with van der Waals surface area (Å²) in [5.41, 5.74) is 4.09. The lowest BCUT2D eigenvalue weighted by Crippen LogP contribution is -2.45. The SMILES string of the molecule is CCNC1=C(C(=N)N2CCCc3cc(OC)ncc32)CN(C(C)=O)CC1. The minimum Gasteiger partial charge on any atom is -0.481 e. The summed E-state index contributed by atoms with van der Waals surface area (Å²) < 4.78 is 5.23. The number of amidine groups is 1. The maximum Gasteiger partial charge on any atom is 0.219 e. The molecule has 0 spiro atoms. The van der Waals surface area contributed by atoms with E-state index >= 15 is 0 Å². The summed E-state index contributed by atoms with van der Waals surface area (Å²) in [5.74, 6) is 1.11. The molecule has 7 heteroatoms. The maximum atomic E-state index is 11.9. The van der Waals surface area contributed by atoms with E-state index < -0.39 is 0 Å². The largest absolute Gasteiger partial charge is 0.481 e. The van der Waals surface area contributed by atoms with Crippen LogP contribution in [0.1, 0.15) is 32.3 Å². The van der Waals surface area contributed by atoms with Gasteiger partial charge in [-0.05, 0) is 25.3 Å². The van der Waals surface area contributed by atoms with Gasteiger partial charge in [0.1, 0.15) is 5.84 Å². The number of carbonyl (C=O) groups excluding carboxylic acids is 1. The second-order valence-electron chi connectivity index (χ2n) is 6.64. The topological polar surface area (TPSA) is 81.6 Å². The number of nitrogens with zero attached hydrogens (tertiary/aromatic N) is 3. The van der Waals surface area contributed by atoms with Gasteiger partial charge in [0.2, 0.25) is 11.8 Å². The lowest BCUT2D eigenvalue weighted by molar-refractivity contribution is -0.128. The van der Waals surface area contributed by atoms with Gasteiger partial charge in [0.15, 0.2) is 0 Å². The number of amides is 1. The summed E-state index contributed by atoms with van der Waals surface area (Å²) in [6, 6.07) is 1.96. The Morgan fingerprint density at radius 1 is 1.38 bits per heavy atom. The minimum atomic E-state index is 0.0521. The highest BCUT2D eigenvalue weighted by molar-refractivity contribution is 6.09. The third-order valence-corrected chi connectivity index (χ3v) is 5.00. The van der Waals surface area contributed by atoms with Crippen LogP contribution in [0, 0.1) is 5.41 Å². The van der Waals surface area contributed by atoms with E-state index in [1.54, 1.807) is 20.2 Å². The molecule has 2 N–H and O–H groups in total. The van der Waals surface area contributed by atoms with Gasteiger partial charge in [-0.3, -0.25) is 10.2 Å². The minimum absolute atomic E-state index is 0.0521. The summed E-state index contributed by atoms with van der Waals surface area (Å²) in [6.07, 6.45) is 4.48. The van der Waals surface area contributed by atoms with Crippen molar-refractivity contribution in [3.63, 3.8) is 0 Å². The Morgan fingerprint density at radius 2 is 2.19 bits per heavy atom. The van der Waals surface area contributed by atoms with Crippen LogP contribution in [-0.2, 0) is 11.2 Å². The van der Waals surface area contributed by atoms with Crippen LogP contribution in [0.5, 0.6) is 5.88 Å². The van der Waals surface area contributed by atoms with Crippen molar-refractivity contribution in [1.29, 1.82) is 5.41 Å². The number of hydrogen-bond donors (Lipinski definition) is 2. The van der Waals surface area contributed by atoms with Gasteiger partial charge >= 0.3 is 0 Å². The molecule has 26 heavy (non-hydrogen) atoms. The molecule has 0 saturated heterocycles. The quantitative estimate of drug-likeness (QED) is 0.636. The zero-order valence-corrected chi connectivity index (χ0v) is 15.8. The lowest BCUT2D eigenvalue weighted by atomic mass is 9.99. The van der Waals surface area contributed by atoms with E-state index in [2.05, 4.69) is 17.2 Å². The lowest BCUT2D eigenvalue weighted by Gasteiger charge is -2.36.